The van der Waals surface area contributed by atoms with E-state index in [1.165, 1.54) is 0 Å². The Hall–Kier alpha value is -2.71. The fourth-order valence-corrected chi connectivity index (χ4v) is 1.32. The largest absolute Gasteiger partial charge is 0.429 e. The van der Waals surface area contributed by atoms with E-state index in [0.717, 1.165) is 12.1 Å². The summed E-state index contributed by atoms with van der Waals surface area (Å²) in [6, 6.07) is 2.33. The second-order valence-corrected chi connectivity index (χ2v) is 3.52. The van der Waals surface area contributed by atoms with Gasteiger partial charge in [-0.15, -0.1) is 0 Å². The van der Waals surface area contributed by atoms with Crippen molar-refractivity contribution in [3.63, 3.8) is 0 Å². The van der Waals surface area contributed by atoms with E-state index in [9.17, 15) is 27.7 Å². The molecule has 1 heterocycles. The van der Waals surface area contributed by atoms with Crippen LogP contribution in [-0.2, 0) is 0 Å². The molecule has 0 saturated carbocycles. The number of nitro groups is 1. The van der Waals surface area contributed by atoms with Crippen LogP contribution in [-0.4, -0.2) is 9.91 Å². The van der Waals surface area contributed by atoms with Crippen LogP contribution < -0.4 is 4.74 Å². The van der Waals surface area contributed by atoms with E-state index in [1.54, 1.807) is 0 Å². The van der Waals surface area contributed by atoms with E-state index < -0.39 is 45.6 Å². The van der Waals surface area contributed by atoms with Gasteiger partial charge in [-0.1, -0.05) is 0 Å². The number of pyridine rings is 1. The molecule has 0 fully saturated rings. The number of nitrogens with zero attached hydrogens (tertiary/aromatic N) is 2. The summed E-state index contributed by atoms with van der Waals surface area (Å²) in [5.41, 5.74) is -0.683. The van der Waals surface area contributed by atoms with Crippen LogP contribution in [0.4, 0.5) is 23.2 Å². The predicted molar refractivity (Wildman–Crippen MR) is 57.2 cm³/mol. The third kappa shape index (κ3) is 2.66. The van der Waals surface area contributed by atoms with Crippen LogP contribution >= 0.6 is 0 Å². The molecule has 9 heteroatoms. The quantitative estimate of drug-likeness (QED) is 0.376. The van der Waals surface area contributed by atoms with Gasteiger partial charge in [-0.05, 0) is 6.07 Å². The lowest BCUT2D eigenvalue weighted by Gasteiger charge is -2.06. The molecule has 0 aliphatic carbocycles. The van der Waals surface area contributed by atoms with Gasteiger partial charge in [0.05, 0.1) is 4.92 Å². The SMILES string of the molecule is O=[N+]([O-])c1ccc(F)cc1Oc1nc(F)c(F)cc1F. The lowest BCUT2D eigenvalue weighted by molar-refractivity contribution is -0.385. The molecule has 0 aliphatic heterocycles. The van der Waals surface area contributed by atoms with Gasteiger partial charge >= 0.3 is 5.69 Å². The standard InChI is InChI=1S/C11H4F4N2O3/c12-5-1-2-8(17(18)19)9(3-5)20-11-7(14)4-6(13)10(15)16-11/h1-4H. The summed E-state index contributed by atoms with van der Waals surface area (Å²) in [5.74, 6) is -7.22. The van der Waals surface area contributed by atoms with Crippen LogP contribution in [0.1, 0.15) is 0 Å². The number of halogens is 4. The molecule has 0 N–H and O–H groups in total. The average molecular weight is 288 g/mol. The van der Waals surface area contributed by atoms with Crippen LogP contribution in [0.15, 0.2) is 24.3 Å². The molecular formula is C11H4F4N2O3. The fraction of sp³-hybridized carbons (Fsp3) is 0. The third-order valence-electron chi connectivity index (χ3n) is 2.18. The summed E-state index contributed by atoms with van der Waals surface area (Å²) < 4.78 is 56.5. The highest BCUT2D eigenvalue weighted by atomic mass is 19.2. The van der Waals surface area contributed by atoms with Gasteiger partial charge in [0.2, 0.25) is 5.75 Å². The first kappa shape index (κ1) is 13.7. The van der Waals surface area contributed by atoms with Gasteiger partial charge in [-0.2, -0.15) is 9.37 Å². The fourth-order valence-electron chi connectivity index (χ4n) is 1.32. The number of nitro benzene ring substituents is 1. The summed E-state index contributed by atoms with van der Waals surface area (Å²) in [6.45, 7) is 0. The molecule has 2 rings (SSSR count). The molecule has 5 nitrogen and oxygen atoms in total. The molecule has 20 heavy (non-hydrogen) atoms. The monoisotopic (exact) mass is 288 g/mol. The summed E-state index contributed by atoms with van der Waals surface area (Å²) in [5, 5.41) is 10.7. The Labute approximate surface area is 108 Å². The van der Waals surface area contributed by atoms with Crippen molar-refractivity contribution < 1.29 is 27.2 Å². The van der Waals surface area contributed by atoms with Crippen LogP contribution in [0.5, 0.6) is 11.6 Å². The van der Waals surface area contributed by atoms with Crippen LogP contribution in [0.2, 0.25) is 0 Å². The Morgan fingerprint density at radius 2 is 1.80 bits per heavy atom. The van der Waals surface area contributed by atoms with Crippen molar-refractivity contribution in [2.75, 3.05) is 0 Å². The molecule has 0 unspecified atom stereocenters. The Balaban J connectivity index is 2.47. The Kier molecular flexibility index (Phi) is 3.51. The van der Waals surface area contributed by atoms with Gasteiger partial charge in [0.1, 0.15) is 5.82 Å². The number of hydrogen-bond acceptors (Lipinski definition) is 4. The minimum atomic E-state index is -1.65. The molecule has 104 valence electrons. The van der Waals surface area contributed by atoms with Crippen LogP contribution in [0, 0.1) is 33.5 Å². The normalized spacial score (nSPS) is 10.4. The van der Waals surface area contributed by atoms with E-state index in [2.05, 4.69) is 9.72 Å². The highest BCUT2D eigenvalue weighted by Crippen LogP contribution is 2.32. The Morgan fingerprint density at radius 1 is 1.10 bits per heavy atom. The zero-order valence-corrected chi connectivity index (χ0v) is 9.44. The molecule has 0 atom stereocenters. The number of hydrogen-bond donors (Lipinski definition) is 0. The van der Waals surface area contributed by atoms with Crippen molar-refractivity contribution in [3.8, 4) is 11.6 Å². The van der Waals surface area contributed by atoms with Gasteiger partial charge in [0.15, 0.2) is 11.6 Å². The maximum atomic E-state index is 13.3. The molecule has 1 aromatic heterocycles. The van der Waals surface area contributed by atoms with Crippen molar-refractivity contribution >= 4 is 5.69 Å². The van der Waals surface area contributed by atoms with Gasteiger partial charge in [-0.25, -0.2) is 13.2 Å². The minimum absolute atomic E-state index is 0.156. The third-order valence-corrected chi connectivity index (χ3v) is 2.18. The maximum Gasteiger partial charge on any atom is 0.311 e. The molecular weight excluding hydrogens is 284 g/mol. The summed E-state index contributed by atoms with van der Waals surface area (Å²) in [7, 11) is 0. The van der Waals surface area contributed by atoms with Crippen molar-refractivity contribution in [2.45, 2.75) is 0 Å². The number of aromatic nitrogens is 1. The summed E-state index contributed by atoms with van der Waals surface area (Å²) in [4.78, 5) is 12.6. The van der Waals surface area contributed by atoms with E-state index in [4.69, 9.17) is 0 Å². The Morgan fingerprint density at radius 3 is 2.45 bits per heavy atom. The summed E-state index contributed by atoms with van der Waals surface area (Å²) >= 11 is 0. The second kappa shape index (κ2) is 5.11. The molecule has 0 aliphatic rings. The number of rotatable bonds is 3. The lowest BCUT2D eigenvalue weighted by Crippen LogP contribution is -2.00. The molecule has 0 amide bonds. The van der Waals surface area contributed by atoms with Gasteiger partial charge in [0, 0.05) is 18.2 Å². The topological polar surface area (TPSA) is 65.3 Å². The zero-order chi connectivity index (χ0) is 14.9. The Bertz CT molecular complexity index is 694. The highest BCUT2D eigenvalue weighted by Gasteiger charge is 2.20. The first-order valence-corrected chi connectivity index (χ1v) is 5.02. The van der Waals surface area contributed by atoms with Crippen molar-refractivity contribution in [2.24, 2.45) is 0 Å². The molecule has 0 saturated heterocycles. The second-order valence-electron chi connectivity index (χ2n) is 3.52. The number of benzene rings is 1. The van der Waals surface area contributed by atoms with Crippen molar-refractivity contribution in [1.82, 2.24) is 4.98 Å². The highest BCUT2D eigenvalue weighted by molar-refractivity contribution is 5.47. The predicted octanol–water partition coefficient (Wildman–Crippen LogP) is 3.34. The first-order valence-electron chi connectivity index (χ1n) is 5.02. The van der Waals surface area contributed by atoms with E-state index >= 15 is 0 Å². The first-order chi connectivity index (χ1) is 9.38. The van der Waals surface area contributed by atoms with E-state index in [1.807, 2.05) is 0 Å². The van der Waals surface area contributed by atoms with Gasteiger partial charge in [-0.3, -0.25) is 10.1 Å². The summed E-state index contributed by atoms with van der Waals surface area (Å²) in [6.07, 6.45) is 0. The number of ether oxygens (including phenoxy) is 1. The molecule has 0 spiro atoms. The minimum Gasteiger partial charge on any atom is -0.429 e. The molecule has 1 aromatic carbocycles. The zero-order valence-electron chi connectivity index (χ0n) is 9.44. The lowest BCUT2D eigenvalue weighted by atomic mass is 10.3. The van der Waals surface area contributed by atoms with Crippen LogP contribution in [0.25, 0.3) is 0 Å². The van der Waals surface area contributed by atoms with E-state index in [0.29, 0.717) is 6.07 Å². The van der Waals surface area contributed by atoms with Gasteiger partial charge in [0.25, 0.3) is 11.8 Å². The van der Waals surface area contributed by atoms with E-state index in [-0.39, 0.29) is 6.07 Å². The van der Waals surface area contributed by atoms with Crippen molar-refractivity contribution in [1.29, 1.82) is 0 Å². The molecule has 0 bridgehead atoms. The van der Waals surface area contributed by atoms with Crippen molar-refractivity contribution in [3.05, 3.63) is 57.8 Å². The smallest absolute Gasteiger partial charge is 0.311 e. The maximum absolute atomic E-state index is 13.3. The average Bonchev–Trinajstić information content (AvgIpc) is 2.35. The van der Waals surface area contributed by atoms with Gasteiger partial charge < -0.3 is 4.74 Å². The van der Waals surface area contributed by atoms with Crippen LogP contribution in [0.3, 0.4) is 0 Å². The molecule has 2 aromatic rings. The molecule has 0 radical (unpaired) electrons.